The fourth-order valence-electron chi connectivity index (χ4n) is 3.23. The van der Waals surface area contributed by atoms with Crippen LogP contribution in [0.3, 0.4) is 0 Å². The van der Waals surface area contributed by atoms with Gasteiger partial charge in [0.05, 0.1) is 19.7 Å². The second-order valence-corrected chi connectivity index (χ2v) is 9.13. The van der Waals surface area contributed by atoms with Gasteiger partial charge < -0.3 is 13.7 Å². The molecule has 0 saturated carbocycles. The van der Waals surface area contributed by atoms with Gasteiger partial charge in [0.25, 0.3) is 0 Å². The van der Waals surface area contributed by atoms with E-state index in [1.54, 1.807) is 73.8 Å². The summed E-state index contributed by atoms with van der Waals surface area (Å²) in [5.41, 5.74) is 3.04. The number of pyridine rings is 1. The summed E-state index contributed by atoms with van der Waals surface area (Å²) in [6.07, 6.45) is 1.17. The largest absolute Gasteiger partial charge is 0.497 e. The van der Waals surface area contributed by atoms with Gasteiger partial charge in [0.15, 0.2) is 0 Å². The molecule has 37 heavy (non-hydrogen) atoms. The van der Waals surface area contributed by atoms with E-state index in [1.807, 2.05) is 6.07 Å². The van der Waals surface area contributed by atoms with Crippen LogP contribution in [0.15, 0.2) is 107 Å². The van der Waals surface area contributed by atoms with E-state index >= 15 is 0 Å². The van der Waals surface area contributed by atoms with Gasteiger partial charge in [-0.05, 0) is 48.0 Å². The van der Waals surface area contributed by atoms with Crippen LogP contribution in [0.4, 0.5) is 0 Å². The number of carbonyl (C=O) groups is 1. The van der Waals surface area contributed by atoms with Gasteiger partial charge >= 0.3 is 10.1 Å². The van der Waals surface area contributed by atoms with Crippen molar-refractivity contribution in [3.63, 3.8) is 0 Å². The van der Waals surface area contributed by atoms with Crippen LogP contribution in [0.5, 0.6) is 23.1 Å². The number of benzene rings is 3. The van der Waals surface area contributed by atoms with Crippen LogP contribution >= 0.6 is 0 Å². The second-order valence-electron chi connectivity index (χ2n) is 7.62. The maximum absolute atomic E-state index is 13.0. The van der Waals surface area contributed by atoms with E-state index in [-0.39, 0.29) is 28.6 Å². The number of nitrogens with zero attached hydrogens (tertiary/aromatic N) is 2. The molecule has 0 unspecified atom stereocenters. The molecular formula is C27H23N3O6S. The Labute approximate surface area is 214 Å². The highest BCUT2D eigenvalue weighted by atomic mass is 32.2. The van der Waals surface area contributed by atoms with Gasteiger partial charge in [-0.3, -0.25) is 4.79 Å². The zero-order valence-corrected chi connectivity index (χ0v) is 20.6. The number of carbonyl (C=O) groups excluding carboxylic acids is 1. The van der Waals surface area contributed by atoms with Crippen molar-refractivity contribution in [3.8, 4) is 23.1 Å². The lowest BCUT2D eigenvalue weighted by Gasteiger charge is -2.11. The molecule has 10 heteroatoms. The molecule has 4 rings (SSSR count). The van der Waals surface area contributed by atoms with Crippen molar-refractivity contribution in [2.45, 2.75) is 11.3 Å². The van der Waals surface area contributed by atoms with E-state index in [0.717, 1.165) is 11.8 Å². The monoisotopic (exact) mass is 517 g/mol. The third kappa shape index (κ3) is 7.15. The molecule has 0 bridgehead atoms. The van der Waals surface area contributed by atoms with E-state index < -0.39 is 16.0 Å². The Hall–Kier alpha value is -4.70. The number of hydrogen-bond acceptors (Lipinski definition) is 8. The molecule has 1 amide bonds. The van der Waals surface area contributed by atoms with Crippen molar-refractivity contribution in [2.24, 2.45) is 5.10 Å². The highest BCUT2D eigenvalue weighted by Crippen LogP contribution is 2.24. The highest BCUT2D eigenvalue weighted by Gasteiger charge is 2.22. The smallest absolute Gasteiger partial charge is 0.341 e. The normalized spacial score (nSPS) is 11.2. The number of methoxy groups -OCH3 is 1. The lowest BCUT2D eigenvalue weighted by molar-refractivity contribution is -0.120. The SMILES string of the molecule is COc1cccc(CC(=O)NN=Cc2nc(Oc3ccccc3)ccc2S(=O)(=O)Oc2ccccc2)c1. The first-order valence-electron chi connectivity index (χ1n) is 11.1. The topological polar surface area (TPSA) is 116 Å². The molecule has 1 aromatic heterocycles. The summed E-state index contributed by atoms with van der Waals surface area (Å²) >= 11 is 0. The van der Waals surface area contributed by atoms with Gasteiger partial charge in [-0.25, -0.2) is 10.4 Å². The minimum atomic E-state index is -4.28. The number of ether oxygens (including phenoxy) is 2. The van der Waals surface area contributed by atoms with Crippen LogP contribution < -0.4 is 19.1 Å². The summed E-state index contributed by atoms with van der Waals surface area (Å²) in [5.74, 6) is 1.00. The number of hydrazone groups is 1. The van der Waals surface area contributed by atoms with Crippen LogP contribution in [0.2, 0.25) is 0 Å². The van der Waals surface area contributed by atoms with E-state index in [9.17, 15) is 13.2 Å². The summed E-state index contributed by atoms with van der Waals surface area (Å²) < 4.78 is 42.2. The summed E-state index contributed by atoms with van der Waals surface area (Å²) in [6, 6.07) is 26.8. The van der Waals surface area contributed by atoms with Gasteiger partial charge in [0.2, 0.25) is 11.8 Å². The zero-order valence-electron chi connectivity index (χ0n) is 19.8. The van der Waals surface area contributed by atoms with Crippen molar-refractivity contribution in [2.75, 3.05) is 7.11 Å². The Morgan fingerprint density at radius 2 is 1.57 bits per heavy atom. The number of para-hydroxylation sites is 2. The Kier molecular flexibility index (Phi) is 8.11. The minimum absolute atomic E-state index is 0.0431. The highest BCUT2D eigenvalue weighted by molar-refractivity contribution is 7.87. The maximum Gasteiger partial charge on any atom is 0.341 e. The quantitative estimate of drug-likeness (QED) is 0.189. The Morgan fingerprint density at radius 1 is 0.892 bits per heavy atom. The molecule has 9 nitrogen and oxygen atoms in total. The molecule has 0 aliphatic heterocycles. The lowest BCUT2D eigenvalue weighted by Crippen LogP contribution is -2.20. The maximum atomic E-state index is 13.0. The van der Waals surface area contributed by atoms with Gasteiger partial charge in [-0.1, -0.05) is 48.5 Å². The predicted octanol–water partition coefficient (Wildman–Crippen LogP) is 4.34. The first-order valence-corrected chi connectivity index (χ1v) is 12.5. The number of amides is 1. The molecule has 0 saturated heterocycles. The Morgan fingerprint density at radius 3 is 2.27 bits per heavy atom. The first kappa shape index (κ1) is 25.4. The van der Waals surface area contributed by atoms with Crippen molar-refractivity contribution >= 4 is 22.2 Å². The number of rotatable bonds is 10. The van der Waals surface area contributed by atoms with Crippen LogP contribution in [0.1, 0.15) is 11.3 Å². The molecule has 4 aromatic rings. The summed E-state index contributed by atoms with van der Waals surface area (Å²) in [5, 5.41) is 3.92. The molecule has 0 fully saturated rings. The van der Waals surface area contributed by atoms with E-state index in [1.165, 1.54) is 24.3 Å². The van der Waals surface area contributed by atoms with Gasteiger partial charge in [0.1, 0.15) is 27.8 Å². The third-order valence-electron chi connectivity index (χ3n) is 4.92. The van der Waals surface area contributed by atoms with Crippen molar-refractivity contribution in [1.29, 1.82) is 0 Å². The molecule has 1 N–H and O–H groups in total. The zero-order chi connectivity index (χ0) is 26.1. The van der Waals surface area contributed by atoms with Gasteiger partial charge in [0, 0.05) is 6.07 Å². The molecule has 0 aliphatic carbocycles. The van der Waals surface area contributed by atoms with Crippen molar-refractivity contribution < 1.29 is 26.9 Å². The van der Waals surface area contributed by atoms with Gasteiger partial charge in [-0.15, -0.1) is 0 Å². The molecule has 0 spiro atoms. The molecule has 0 aliphatic rings. The number of aromatic nitrogens is 1. The van der Waals surface area contributed by atoms with E-state index in [2.05, 4.69) is 15.5 Å². The molecule has 3 aromatic carbocycles. The van der Waals surface area contributed by atoms with Crippen LogP contribution in [-0.2, 0) is 21.3 Å². The molecule has 188 valence electrons. The number of nitrogens with one attached hydrogen (secondary N) is 1. The second kappa shape index (κ2) is 11.8. The average Bonchev–Trinajstić information content (AvgIpc) is 2.90. The summed E-state index contributed by atoms with van der Waals surface area (Å²) in [7, 11) is -2.74. The average molecular weight is 518 g/mol. The minimum Gasteiger partial charge on any atom is -0.497 e. The summed E-state index contributed by atoms with van der Waals surface area (Å²) in [6.45, 7) is 0. The first-order chi connectivity index (χ1) is 17.9. The Bertz CT molecular complexity index is 1490. The molecule has 1 heterocycles. The number of hydrogen-bond donors (Lipinski definition) is 1. The lowest BCUT2D eigenvalue weighted by atomic mass is 10.1. The summed E-state index contributed by atoms with van der Waals surface area (Å²) in [4.78, 5) is 16.4. The van der Waals surface area contributed by atoms with Gasteiger partial charge in [-0.2, -0.15) is 13.5 Å². The van der Waals surface area contributed by atoms with Crippen molar-refractivity contribution in [1.82, 2.24) is 10.4 Å². The van der Waals surface area contributed by atoms with Crippen molar-refractivity contribution in [3.05, 3.63) is 108 Å². The van der Waals surface area contributed by atoms with Crippen LogP contribution in [0, 0.1) is 0 Å². The van der Waals surface area contributed by atoms with Crippen LogP contribution in [-0.4, -0.2) is 32.6 Å². The van der Waals surface area contributed by atoms with E-state index in [4.69, 9.17) is 13.7 Å². The fourth-order valence-corrected chi connectivity index (χ4v) is 4.28. The third-order valence-corrected chi connectivity index (χ3v) is 6.22. The standard InChI is InChI=1S/C27H23N3O6S/c1-34-23-14-8-9-20(17-23)18-26(31)30-28-19-24-25(37(32,33)36-22-12-6-3-7-13-22)15-16-27(29-24)35-21-10-4-2-5-11-21/h2-17,19H,18H2,1H3,(H,30,31). The molecule has 0 radical (unpaired) electrons. The Balaban J connectivity index is 1.57. The van der Waals surface area contributed by atoms with Crippen LogP contribution in [0.25, 0.3) is 0 Å². The predicted molar refractivity (Wildman–Crippen MR) is 137 cm³/mol. The van der Waals surface area contributed by atoms with E-state index in [0.29, 0.717) is 11.5 Å². The fraction of sp³-hybridized carbons (Fsp3) is 0.0741. The molecule has 0 atom stereocenters. The molecular weight excluding hydrogens is 494 g/mol.